The van der Waals surface area contributed by atoms with Crippen LogP contribution in [0, 0.1) is 0 Å². The van der Waals surface area contributed by atoms with Crippen molar-refractivity contribution in [2.24, 2.45) is 0 Å². The Kier molecular flexibility index (Phi) is 3.75. The van der Waals surface area contributed by atoms with Crippen molar-refractivity contribution in [2.75, 3.05) is 0 Å². The Hall–Kier alpha value is -1.79. The quantitative estimate of drug-likeness (QED) is 0.805. The van der Waals surface area contributed by atoms with Gasteiger partial charge in [-0.25, -0.2) is 0 Å². The van der Waals surface area contributed by atoms with Crippen molar-refractivity contribution in [1.29, 1.82) is 0 Å². The summed E-state index contributed by atoms with van der Waals surface area (Å²) < 4.78 is 8.28. The van der Waals surface area contributed by atoms with E-state index in [4.69, 9.17) is 0 Å². The van der Waals surface area contributed by atoms with Gasteiger partial charge in [-0.1, -0.05) is 6.07 Å². The predicted molar refractivity (Wildman–Crippen MR) is 82.4 cm³/mol. The van der Waals surface area contributed by atoms with E-state index in [0.29, 0.717) is 5.56 Å². The zero-order chi connectivity index (χ0) is 13.9. The molecule has 2 heterocycles. The number of aromatic nitrogens is 2. The highest BCUT2D eigenvalue weighted by atomic mass is 32.1. The molecular weight excluding hydrogens is 290 g/mol. The first-order chi connectivity index (χ1) is 9.72. The van der Waals surface area contributed by atoms with Crippen LogP contribution in [0.5, 0.6) is 0 Å². The topological polar surface area (TPSA) is 54.9 Å². The standard InChI is InChI=1S/C14H13N3OS2/c1-9(7-11-3-2-6-19-11)15-14(18)10-4-5-12-13(8-10)17-20-16-12/h2-6,8-9H,7H2,1H3,(H,15,18)/t9-/m0/s1. The van der Waals surface area contributed by atoms with Crippen LogP contribution in [0.4, 0.5) is 0 Å². The number of hydrogen-bond acceptors (Lipinski definition) is 5. The Bertz CT molecular complexity index is 721. The second kappa shape index (κ2) is 5.68. The van der Waals surface area contributed by atoms with Gasteiger partial charge in [-0.3, -0.25) is 4.79 Å². The van der Waals surface area contributed by atoms with Gasteiger partial charge in [0.1, 0.15) is 11.0 Å². The van der Waals surface area contributed by atoms with E-state index in [1.54, 1.807) is 23.5 Å². The number of thiophene rings is 1. The molecule has 0 saturated heterocycles. The summed E-state index contributed by atoms with van der Waals surface area (Å²) in [5.74, 6) is -0.0658. The van der Waals surface area contributed by atoms with E-state index >= 15 is 0 Å². The Morgan fingerprint density at radius 1 is 1.30 bits per heavy atom. The lowest BCUT2D eigenvalue weighted by atomic mass is 10.1. The Morgan fingerprint density at radius 3 is 2.95 bits per heavy atom. The fourth-order valence-electron chi connectivity index (χ4n) is 2.01. The van der Waals surface area contributed by atoms with E-state index in [1.165, 1.54) is 4.88 Å². The molecule has 3 rings (SSSR count). The lowest BCUT2D eigenvalue weighted by molar-refractivity contribution is 0.0940. The summed E-state index contributed by atoms with van der Waals surface area (Å²) in [6, 6.07) is 9.61. The first-order valence-electron chi connectivity index (χ1n) is 6.28. The SMILES string of the molecule is C[C@@H](Cc1cccs1)NC(=O)c1ccc2nsnc2c1. The van der Waals surface area contributed by atoms with Crippen molar-refractivity contribution in [1.82, 2.24) is 14.1 Å². The van der Waals surface area contributed by atoms with E-state index in [0.717, 1.165) is 29.2 Å². The lowest BCUT2D eigenvalue weighted by Crippen LogP contribution is -2.33. The minimum absolute atomic E-state index is 0.0658. The summed E-state index contributed by atoms with van der Waals surface area (Å²) >= 11 is 2.87. The minimum atomic E-state index is -0.0658. The van der Waals surface area contributed by atoms with Gasteiger partial charge in [0.25, 0.3) is 5.91 Å². The third-order valence-electron chi connectivity index (χ3n) is 2.98. The van der Waals surface area contributed by atoms with Crippen molar-refractivity contribution >= 4 is 40.0 Å². The number of nitrogens with one attached hydrogen (secondary N) is 1. The Labute approximate surface area is 124 Å². The summed E-state index contributed by atoms with van der Waals surface area (Å²) in [5.41, 5.74) is 2.23. The first kappa shape index (κ1) is 13.2. The van der Waals surface area contributed by atoms with Crippen LogP contribution in [-0.2, 0) is 6.42 Å². The highest BCUT2D eigenvalue weighted by molar-refractivity contribution is 7.09. The monoisotopic (exact) mass is 303 g/mol. The zero-order valence-electron chi connectivity index (χ0n) is 10.9. The van der Waals surface area contributed by atoms with Crippen molar-refractivity contribution in [3.8, 4) is 0 Å². The average molecular weight is 303 g/mol. The van der Waals surface area contributed by atoms with Crippen LogP contribution >= 0.6 is 23.1 Å². The normalized spacial score (nSPS) is 12.4. The molecule has 0 bridgehead atoms. The molecule has 1 amide bonds. The van der Waals surface area contributed by atoms with E-state index in [1.807, 2.05) is 24.4 Å². The third-order valence-corrected chi connectivity index (χ3v) is 4.44. The number of benzene rings is 1. The molecule has 3 aromatic rings. The summed E-state index contributed by atoms with van der Waals surface area (Å²) in [4.78, 5) is 13.5. The van der Waals surface area contributed by atoms with Crippen molar-refractivity contribution in [2.45, 2.75) is 19.4 Å². The summed E-state index contributed by atoms with van der Waals surface area (Å²) in [5, 5.41) is 5.06. The van der Waals surface area contributed by atoms with Gasteiger partial charge in [0.15, 0.2) is 0 Å². The van der Waals surface area contributed by atoms with Gasteiger partial charge in [-0.15, -0.1) is 11.3 Å². The fraction of sp³-hybridized carbons (Fsp3) is 0.214. The van der Waals surface area contributed by atoms with Crippen LogP contribution in [0.15, 0.2) is 35.7 Å². The second-order valence-electron chi connectivity index (χ2n) is 4.63. The maximum atomic E-state index is 12.2. The number of carbonyl (C=O) groups excluding carboxylic acids is 1. The molecule has 0 unspecified atom stereocenters. The van der Waals surface area contributed by atoms with Crippen LogP contribution in [0.3, 0.4) is 0 Å². The molecule has 1 aromatic carbocycles. The van der Waals surface area contributed by atoms with Gasteiger partial charge in [0, 0.05) is 22.9 Å². The fourth-order valence-corrected chi connectivity index (χ4v) is 3.36. The molecule has 1 atom stereocenters. The van der Waals surface area contributed by atoms with Crippen molar-refractivity contribution in [3.63, 3.8) is 0 Å². The Morgan fingerprint density at radius 2 is 2.15 bits per heavy atom. The molecule has 0 fully saturated rings. The number of rotatable bonds is 4. The van der Waals surface area contributed by atoms with Gasteiger partial charge in [0.2, 0.25) is 0 Å². The molecule has 0 saturated carbocycles. The molecule has 0 radical (unpaired) electrons. The number of hydrogen-bond donors (Lipinski definition) is 1. The molecule has 20 heavy (non-hydrogen) atoms. The van der Waals surface area contributed by atoms with Crippen molar-refractivity contribution in [3.05, 3.63) is 46.2 Å². The zero-order valence-corrected chi connectivity index (χ0v) is 12.5. The van der Waals surface area contributed by atoms with Gasteiger partial charge in [-0.2, -0.15) is 8.75 Å². The Balaban J connectivity index is 1.68. The second-order valence-corrected chi connectivity index (χ2v) is 6.19. The molecule has 102 valence electrons. The smallest absolute Gasteiger partial charge is 0.251 e. The van der Waals surface area contributed by atoms with Gasteiger partial charge >= 0.3 is 0 Å². The summed E-state index contributed by atoms with van der Waals surface area (Å²) in [6.45, 7) is 2.01. The molecule has 2 aromatic heterocycles. The number of amides is 1. The predicted octanol–water partition coefficient (Wildman–Crippen LogP) is 3.11. The number of nitrogens with zero attached hydrogens (tertiary/aromatic N) is 2. The summed E-state index contributed by atoms with van der Waals surface area (Å²) in [7, 11) is 0. The minimum Gasteiger partial charge on any atom is -0.349 e. The summed E-state index contributed by atoms with van der Waals surface area (Å²) in [6.07, 6.45) is 0.851. The maximum absolute atomic E-state index is 12.2. The number of carbonyl (C=O) groups is 1. The number of fused-ring (bicyclic) bond motifs is 1. The van der Waals surface area contributed by atoms with Crippen LogP contribution in [0.25, 0.3) is 11.0 Å². The molecule has 6 heteroatoms. The van der Waals surface area contributed by atoms with E-state index in [9.17, 15) is 4.79 Å². The lowest BCUT2D eigenvalue weighted by Gasteiger charge is -2.12. The molecule has 0 aliphatic carbocycles. The highest BCUT2D eigenvalue weighted by Crippen LogP contribution is 2.14. The van der Waals surface area contributed by atoms with Gasteiger partial charge in [0.05, 0.1) is 11.7 Å². The molecular formula is C14H13N3OS2. The first-order valence-corrected chi connectivity index (χ1v) is 7.89. The molecule has 4 nitrogen and oxygen atoms in total. The van der Waals surface area contributed by atoms with Crippen molar-refractivity contribution < 1.29 is 4.79 Å². The molecule has 1 N–H and O–H groups in total. The largest absolute Gasteiger partial charge is 0.349 e. The van der Waals surface area contributed by atoms with Crippen LogP contribution in [0.1, 0.15) is 22.2 Å². The van der Waals surface area contributed by atoms with E-state index < -0.39 is 0 Å². The van der Waals surface area contributed by atoms with Gasteiger partial charge in [-0.05, 0) is 36.6 Å². The highest BCUT2D eigenvalue weighted by Gasteiger charge is 2.12. The molecule has 0 aliphatic heterocycles. The van der Waals surface area contributed by atoms with Crippen LogP contribution < -0.4 is 5.32 Å². The average Bonchev–Trinajstić information content (AvgIpc) is 3.07. The third kappa shape index (κ3) is 2.86. The van der Waals surface area contributed by atoms with E-state index in [-0.39, 0.29) is 11.9 Å². The van der Waals surface area contributed by atoms with E-state index in [2.05, 4.69) is 20.1 Å². The molecule has 0 spiro atoms. The van der Waals surface area contributed by atoms with Crippen LogP contribution in [0.2, 0.25) is 0 Å². The molecule has 0 aliphatic rings. The maximum Gasteiger partial charge on any atom is 0.251 e. The van der Waals surface area contributed by atoms with Crippen LogP contribution in [-0.4, -0.2) is 20.7 Å². The van der Waals surface area contributed by atoms with Gasteiger partial charge < -0.3 is 5.32 Å².